The fourth-order valence-electron chi connectivity index (χ4n) is 0.790. The van der Waals surface area contributed by atoms with Crippen molar-refractivity contribution < 1.29 is 23.5 Å². The summed E-state index contributed by atoms with van der Waals surface area (Å²) < 4.78 is 25.5. The van der Waals surface area contributed by atoms with Crippen LogP contribution in [0, 0.1) is 0 Å². The van der Waals surface area contributed by atoms with Crippen molar-refractivity contribution in [2.24, 2.45) is 0 Å². The lowest BCUT2D eigenvalue weighted by Crippen LogP contribution is -2.41. The molecule has 0 radical (unpaired) electrons. The van der Waals surface area contributed by atoms with Crippen LogP contribution in [0.15, 0.2) is 12.1 Å². The van der Waals surface area contributed by atoms with Gasteiger partial charge in [-0.3, -0.25) is 4.79 Å². The average Bonchev–Trinajstić information content (AvgIpc) is 2.61. The van der Waals surface area contributed by atoms with Crippen LogP contribution in [-0.4, -0.2) is 29.5 Å². The van der Waals surface area contributed by atoms with Crippen molar-refractivity contribution in [2.75, 3.05) is 6.54 Å². The Hall–Kier alpha value is -1.21. The highest BCUT2D eigenvalue weighted by molar-refractivity contribution is 7.17. The van der Waals surface area contributed by atoms with Gasteiger partial charge in [0.05, 0.1) is 15.8 Å². The first-order chi connectivity index (χ1) is 7.33. The van der Waals surface area contributed by atoms with Crippen LogP contribution in [0.2, 0.25) is 4.34 Å². The van der Waals surface area contributed by atoms with E-state index >= 15 is 0 Å². The second-order valence-corrected chi connectivity index (χ2v) is 4.51. The third-order valence-corrected chi connectivity index (χ3v) is 2.81. The van der Waals surface area contributed by atoms with E-state index in [1.807, 2.05) is 5.32 Å². The van der Waals surface area contributed by atoms with Crippen molar-refractivity contribution in [3.05, 3.63) is 21.3 Å². The number of thiophene rings is 1. The van der Waals surface area contributed by atoms with Gasteiger partial charge in [-0.15, -0.1) is 11.3 Å². The monoisotopic (exact) mass is 269 g/mol. The smallest absolute Gasteiger partial charge is 0.376 e. The normalized spacial score (nSPS) is 11.2. The quantitative estimate of drug-likeness (QED) is 0.877. The molecule has 1 amide bonds. The third-order valence-electron chi connectivity index (χ3n) is 1.58. The van der Waals surface area contributed by atoms with Crippen molar-refractivity contribution >= 4 is 34.8 Å². The molecule has 0 spiro atoms. The van der Waals surface area contributed by atoms with Crippen molar-refractivity contribution in [3.8, 4) is 0 Å². The SMILES string of the molecule is O=C(NCC(F)(F)C(=O)O)c1ccc(Cl)s1. The molecule has 1 aromatic rings. The van der Waals surface area contributed by atoms with E-state index in [0.29, 0.717) is 4.34 Å². The fraction of sp³-hybridized carbons (Fsp3) is 0.250. The van der Waals surface area contributed by atoms with Gasteiger partial charge < -0.3 is 10.4 Å². The molecule has 0 atom stereocenters. The first-order valence-corrected chi connectivity index (χ1v) is 5.17. The maximum atomic E-state index is 12.6. The van der Waals surface area contributed by atoms with Gasteiger partial charge in [-0.25, -0.2) is 4.79 Å². The number of aliphatic carboxylic acids is 1. The summed E-state index contributed by atoms with van der Waals surface area (Å²) in [6, 6.07) is 2.80. The Labute approximate surface area is 97.8 Å². The van der Waals surface area contributed by atoms with Gasteiger partial charge in [0.2, 0.25) is 0 Å². The zero-order chi connectivity index (χ0) is 12.3. The van der Waals surface area contributed by atoms with Gasteiger partial charge in [0.15, 0.2) is 0 Å². The molecule has 0 aromatic carbocycles. The fourth-order valence-corrected chi connectivity index (χ4v) is 1.75. The number of hydrogen-bond acceptors (Lipinski definition) is 3. The van der Waals surface area contributed by atoms with Crippen LogP contribution in [0.25, 0.3) is 0 Å². The molecule has 1 aromatic heterocycles. The molecule has 4 nitrogen and oxygen atoms in total. The largest absolute Gasteiger partial charge is 0.477 e. The van der Waals surface area contributed by atoms with Crippen LogP contribution in [0.4, 0.5) is 8.78 Å². The van der Waals surface area contributed by atoms with Crippen LogP contribution < -0.4 is 5.32 Å². The maximum absolute atomic E-state index is 12.6. The minimum absolute atomic E-state index is 0.145. The van der Waals surface area contributed by atoms with Crippen molar-refractivity contribution in [1.82, 2.24) is 5.32 Å². The van der Waals surface area contributed by atoms with Gasteiger partial charge >= 0.3 is 11.9 Å². The summed E-state index contributed by atoms with van der Waals surface area (Å²) in [5.41, 5.74) is 0. The van der Waals surface area contributed by atoms with Gasteiger partial charge in [-0.1, -0.05) is 11.6 Å². The summed E-state index contributed by atoms with van der Waals surface area (Å²) in [5.74, 6) is -7.04. The van der Waals surface area contributed by atoms with E-state index in [1.54, 1.807) is 0 Å². The molecule has 2 N–H and O–H groups in total. The average molecular weight is 270 g/mol. The summed E-state index contributed by atoms with van der Waals surface area (Å²) in [5, 5.41) is 9.92. The Kier molecular flexibility index (Phi) is 3.82. The Morgan fingerprint density at radius 3 is 2.56 bits per heavy atom. The van der Waals surface area contributed by atoms with E-state index in [9.17, 15) is 18.4 Å². The van der Waals surface area contributed by atoms with E-state index < -0.39 is 24.3 Å². The second-order valence-electron chi connectivity index (χ2n) is 2.80. The predicted octanol–water partition coefficient (Wildman–Crippen LogP) is 1.85. The second kappa shape index (κ2) is 4.75. The van der Waals surface area contributed by atoms with Crippen LogP contribution in [0.3, 0.4) is 0 Å². The number of nitrogens with one attached hydrogen (secondary N) is 1. The lowest BCUT2D eigenvalue weighted by molar-refractivity contribution is -0.163. The van der Waals surface area contributed by atoms with E-state index in [1.165, 1.54) is 12.1 Å². The lowest BCUT2D eigenvalue weighted by Gasteiger charge is -2.11. The Morgan fingerprint density at radius 2 is 2.12 bits per heavy atom. The summed E-state index contributed by atoms with van der Waals surface area (Å²) in [7, 11) is 0. The summed E-state index contributed by atoms with van der Waals surface area (Å²) in [6.07, 6.45) is 0. The summed E-state index contributed by atoms with van der Waals surface area (Å²) >= 11 is 6.46. The predicted molar refractivity (Wildman–Crippen MR) is 54.2 cm³/mol. The molecule has 16 heavy (non-hydrogen) atoms. The highest BCUT2D eigenvalue weighted by atomic mass is 35.5. The first kappa shape index (κ1) is 12.9. The highest BCUT2D eigenvalue weighted by Crippen LogP contribution is 2.21. The van der Waals surface area contributed by atoms with Gasteiger partial charge in [0.1, 0.15) is 0 Å². The number of amides is 1. The molecule has 0 aliphatic carbocycles. The molecular formula is C8H6ClF2NO3S. The van der Waals surface area contributed by atoms with Crippen LogP contribution in [0.5, 0.6) is 0 Å². The zero-order valence-electron chi connectivity index (χ0n) is 7.67. The molecule has 8 heteroatoms. The molecule has 0 fully saturated rings. The number of alkyl halides is 2. The van der Waals surface area contributed by atoms with E-state index in [2.05, 4.69) is 0 Å². The molecular weight excluding hydrogens is 264 g/mol. The van der Waals surface area contributed by atoms with Crippen LogP contribution >= 0.6 is 22.9 Å². The van der Waals surface area contributed by atoms with Gasteiger partial charge in [-0.05, 0) is 12.1 Å². The van der Waals surface area contributed by atoms with Gasteiger partial charge in [0.25, 0.3) is 5.91 Å². The molecule has 0 unspecified atom stereocenters. The lowest BCUT2D eigenvalue weighted by atomic mass is 10.3. The number of carboxylic acids is 1. The Bertz CT molecular complexity index is 421. The Balaban J connectivity index is 2.57. The number of rotatable bonds is 4. The van der Waals surface area contributed by atoms with Crippen molar-refractivity contribution in [2.45, 2.75) is 5.92 Å². The molecule has 1 heterocycles. The minimum Gasteiger partial charge on any atom is -0.477 e. The summed E-state index contributed by atoms with van der Waals surface area (Å²) in [4.78, 5) is 21.4. The van der Waals surface area contributed by atoms with Crippen molar-refractivity contribution in [1.29, 1.82) is 0 Å². The zero-order valence-corrected chi connectivity index (χ0v) is 9.24. The van der Waals surface area contributed by atoms with E-state index in [-0.39, 0.29) is 4.88 Å². The highest BCUT2D eigenvalue weighted by Gasteiger charge is 2.39. The van der Waals surface area contributed by atoms with E-state index in [0.717, 1.165) is 11.3 Å². The third kappa shape index (κ3) is 3.14. The first-order valence-electron chi connectivity index (χ1n) is 3.97. The molecule has 0 aliphatic heterocycles. The number of halogens is 3. The minimum atomic E-state index is -3.98. The van der Waals surface area contributed by atoms with Crippen LogP contribution in [-0.2, 0) is 4.79 Å². The van der Waals surface area contributed by atoms with Crippen LogP contribution in [0.1, 0.15) is 9.67 Å². The standard InChI is InChI=1S/C8H6ClF2NO3S/c9-5-2-1-4(16-5)6(13)12-3-8(10,11)7(14)15/h1-2H,3H2,(H,12,13)(H,14,15). The molecule has 0 aliphatic rings. The molecule has 0 bridgehead atoms. The van der Waals surface area contributed by atoms with Crippen molar-refractivity contribution in [3.63, 3.8) is 0 Å². The number of carboxylic acid groups (broad SMARTS) is 1. The van der Waals surface area contributed by atoms with E-state index in [4.69, 9.17) is 16.7 Å². The maximum Gasteiger partial charge on any atom is 0.376 e. The molecule has 0 saturated heterocycles. The topological polar surface area (TPSA) is 66.4 Å². The molecule has 1 rings (SSSR count). The van der Waals surface area contributed by atoms with Gasteiger partial charge in [0, 0.05) is 0 Å². The number of carbonyl (C=O) groups excluding carboxylic acids is 1. The van der Waals surface area contributed by atoms with Gasteiger partial charge in [-0.2, -0.15) is 8.78 Å². The molecule has 88 valence electrons. The summed E-state index contributed by atoms with van der Waals surface area (Å²) in [6.45, 7) is -1.25. The number of hydrogen-bond donors (Lipinski definition) is 2. The Morgan fingerprint density at radius 1 is 1.50 bits per heavy atom. The number of carbonyl (C=O) groups is 2. The molecule has 0 saturated carbocycles.